The van der Waals surface area contributed by atoms with Crippen molar-refractivity contribution >= 4 is 21.7 Å². The van der Waals surface area contributed by atoms with Gasteiger partial charge in [-0.1, -0.05) is 36.4 Å². The number of hydrogen-bond acceptors (Lipinski definition) is 6. The van der Waals surface area contributed by atoms with Crippen molar-refractivity contribution < 1.29 is 17.2 Å². The lowest BCUT2D eigenvalue weighted by Crippen LogP contribution is -2.17. The summed E-state index contributed by atoms with van der Waals surface area (Å²) < 4.78 is 54.6. The van der Waals surface area contributed by atoms with Crippen molar-refractivity contribution in [3.8, 4) is 11.3 Å². The fourth-order valence-electron chi connectivity index (χ4n) is 4.91. The second-order valence-electron chi connectivity index (χ2n) is 10.2. The van der Waals surface area contributed by atoms with E-state index in [2.05, 4.69) is 46.2 Å². The number of nitrogens with zero attached hydrogens (tertiary/aromatic N) is 3. The molecule has 7 nitrogen and oxygen atoms in total. The molecule has 0 aliphatic heterocycles. The molecule has 0 spiro atoms. The zero-order chi connectivity index (χ0) is 28.3. The topological polar surface area (TPSA) is 87.2 Å². The third-order valence-electron chi connectivity index (χ3n) is 6.96. The average molecular weight is 564 g/mol. The maximum Gasteiger partial charge on any atom is 0.261 e. The molecular weight excluding hydrogens is 532 g/mol. The lowest BCUT2D eigenvalue weighted by molar-refractivity contribution is 0.396. The molecule has 10 heteroatoms. The first-order valence-electron chi connectivity index (χ1n) is 13.1. The van der Waals surface area contributed by atoms with Crippen LogP contribution < -0.4 is 10.0 Å². The van der Waals surface area contributed by atoms with E-state index in [0.29, 0.717) is 24.1 Å². The van der Waals surface area contributed by atoms with E-state index < -0.39 is 21.7 Å². The Morgan fingerprint density at radius 1 is 0.975 bits per heavy atom. The van der Waals surface area contributed by atoms with Crippen LogP contribution in [0.1, 0.15) is 35.4 Å². The van der Waals surface area contributed by atoms with Crippen LogP contribution in [-0.4, -0.2) is 50.5 Å². The normalized spacial score (nSPS) is 14.5. The Balaban J connectivity index is 1.33. The highest BCUT2D eigenvalue weighted by Gasteiger charge is 2.27. The van der Waals surface area contributed by atoms with Crippen LogP contribution in [0.25, 0.3) is 11.3 Å². The Hall–Kier alpha value is -3.89. The predicted molar refractivity (Wildman–Crippen MR) is 153 cm³/mol. The highest BCUT2D eigenvalue weighted by Crippen LogP contribution is 2.42. The summed E-state index contributed by atoms with van der Waals surface area (Å²) in [6.45, 7) is 1.85. The van der Waals surface area contributed by atoms with Crippen LogP contribution >= 0.6 is 0 Å². The number of unbranched alkanes of at least 4 members (excludes halogenated alkanes) is 1. The minimum atomic E-state index is -4.08. The zero-order valence-corrected chi connectivity index (χ0v) is 23.2. The fraction of sp³-hybridized carbons (Fsp3) is 0.267. The maximum absolute atomic E-state index is 13.6. The molecule has 40 heavy (non-hydrogen) atoms. The molecule has 4 aromatic rings. The fourth-order valence-corrected chi connectivity index (χ4v) is 5.98. The molecule has 0 saturated heterocycles. The first kappa shape index (κ1) is 27.7. The molecule has 0 radical (unpaired) electrons. The van der Waals surface area contributed by atoms with Crippen molar-refractivity contribution in [2.45, 2.75) is 30.1 Å². The largest absolute Gasteiger partial charge is 0.354 e. The average Bonchev–Trinajstić information content (AvgIpc) is 2.94. The molecule has 0 bridgehead atoms. The van der Waals surface area contributed by atoms with Crippen LogP contribution in [-0.2, 0) is 16.4 Å². The van der Waals surface area contributed by atoms with E-state index in [0.717, 1.165) is 66.0 Å². The molecule has 5 rings (SSSR count). The van der Waals surface area contributed by atoms with Crippen LogP contribution in [0.5, 0.6) is 0 Å². The summed E-state index contributed by atoms with van der Waals surface area (Å²) in [6, 6.07) is 17.7. The van der Waals surface area contributed by atoms with Gasteiger partial charge in [0.2, 0.25) is 5.95 Å². The predicted octanol–water partition coefficient (Wildman–Crippen LogP) is 5.66. The number of anilines is 2. The summed E-state index contributed by atoms with van der Waals surface area (Å²) in [4.78, 5) is 11.2. The SMILES string of the molecule is CN(C)CCCCNc1ncc2c(n1)-c1ccccc1C(c1ccc(NS(=O)(=O)c3ccc(F)c(F)c3)cc1)C2. The summed E-state index contributed by atoms with van der Waals surface area (Å²) in [5, 5.41) is 3.35. The van der Waals surface area contributed by atoms with E-state index in [4.69, 9.17) is 4.98 Å². The first-order chi connectivity index (χ1) is 19.2. The molecule has 1 aromatic heterocycles. The van der Waals surface area contributed by atoms with E-state index in [1.165, 1.54) is 0 Å². The minimum absolute atomic E-state index is 0.0361. The molecule has 1 unspecified atom stereocenters. The number of nitrogens with one attached hydrogen (secondary N) is 2. The number of fused-ring (bicyclic) bond motifs is 3. The van der Waals surface area contributed by atoms with Crippen molar-refractivity contribution in [3.05, 3.63) is 101 Å². The van der Waals surface area contributed by atoms with Crippen LogP contribution in [0, 0.1) is 11.6 Å². The van der Waals surface area contributed by atoms with Gasteiger partial charge in [0.25, 0.3) is 10.0 Å². The van der Waals surface area contributed by atoms with Gasteiger partial charge in [-0.2, -0.15) is 0 Å². The van der Waals surface area contributed by atoms with Gasteiger partial charge in [0.1, 0.15) is 0 Å². The second kappa shape index (κ2) is 11.7. The van der Waals surface area contributed by atoms with Crippen molar-refractivity contribution in [1.82, 2.24) is 14.9 Å². The van der Waals surface area contributed by atoms with Crippen LogP contribution in [0.15, 0.2) is 77.8 Å². The van der Waals surface area contributed by atoms with Gasteiger partial charge >= 0.3 is 0 Å². The monoisotopic (exact) mass is 563 g/mol. The van der Waals surface area contributed by atoms with Crippen LogP contribution in [0.2, 0.25) is 0 Å². The lowest BCUT2D eigenvalue weighted by Gasteiger charge is -2.27. The minimum Gasteiger partial charge on any atom is -0.354 e. The molecule has 1 atom stereocenters. The smallest absolute Gasteiger partial charge is 0.261 e. The van der Waals surface area contributed by atoms with Gasteiger partial charge in [0, 0.05) is 29.9 Å². The van der Waals surface area contributed by atoms with Crippen LogP contribution in [0.3, 0.4) is 0 Å². The summed E-state index contributed by atoms with van der Waals surface area (Å²) in [5.74, 6) is -1.67. The Morgan fingerprint density at radius 3 is 2.50 bits per heavy atom. The third kappa shape index (κ3) is 6.13. The molecule has 3 aromatic carbocycles. The quantitative estimate of drug-likeness (QED) is 0.242. The number of benzene rings is 3. The molecule has 1 aliphatic carbocycles. The number of rotatable bonds is 10. The molecule has 0 saturated carbocycles. The van der Waals surface area contributed by atoms with E-state index in [9.17, 15) is 17.2 Å². The van der Waals surface area contributed by atoms with E-state index in [-0.39, 0.29) is 10.8 Å². The van der Waals surface area contributed by atoms with Gasteiger partial charge in [-0.15, -0.1) is 0 Å². The zero-order valence-electron chi connectivity index (χ0n) is 22.4. The molecule has 0 fully saturated rings. The van der Waals surface area contributed by atoms with Crippen molar-refractivity contribution in [1.29, 1.82) is 0 Å². The molecule has 1 aliphatic rings. The number of halogens is 2. The van der Waals surface area contributed by atoms with E-state index >= 15 is 0 Å². The molecule has 0 amide bonds. The van der Waals surface area contributed by atoms with E-state index in [1.807, 2.05) is 30.5 Å². The molecule has 2 N–H and O–H groups in total. The van der Waals surface area contributed by atoms with Gasteiger partial charge in [0.05, 0.1) is 10.6 Å². The third-order valence-corrected chi connectivity index (χ3v) is 8.34. The van der Waals surface area contributed by atoms with E-state index in [1.54, 1.807) is 12.1 Å². The number of hydrogen-bond donors (Lipinski definition) is 2. The molecule has 1 heterocycles. The summed E-state index contributed by atoms with van der Waals surface area (Å²) in [5.41, 5.74) is 5.49. The lowest BCUT2D eigenvalue weighted by atomic mass is 9.78. The highest BCUT2D eigenvalue weighted by molar-refractivity contribution is 7.92. The summed E-state index contributed by atoms with van der Waals surface area (Å²) in [6.07, 6.45) is 4.72. The second-order valence-corrected chi connectivity index (χ2v) is 11.8. The Labute approximate surface area is 233 Å². The van der Waals surface area contributed by atoms with Crippen LogP contribution in [0.4, 0.5) is 20.4 Å². The summed E-state index contributed by atoms with van der Waals surface area (Å²) >= 11 is 0. The van der Waals surface area contributed by atoms with Crippen molar-refractivity contribution in [2.24, 2.45) is 0 Å². The standard InChI is InChI=1S/C30H31F2N5O2S/c1-37(2)16-6-5-15-33-30-34-19-21-17-26(24-7-3-4-8-25(24)29(21)35-30)20-9-11-22(12-10-20)36-40(38,39)23-13-14-27(31)28(32)18-23/h3-4,7-14,18-19,26,36H,5-6,15-17H2,1-2H3,(H,33,34,35). The maximum atomic E-state index is 13.6. The number of aromatic nitrogens is 2. The highest BCUT2D eigenvalue weighted by atomic mass is 32.2. The Kier molecular flexibility index (Phi) is 8.09. The number of sulfonamides is 1. The first-order valence-corrected chi connectivity index (χ1v) is 14.6. The van der Waals surface area contributed by atoms with Gasteiger partial charge < -0.3 is 10.2 Å². The van der Waals surface area contributed by atoms with Gasteiger partial charge in [-0.3, -0.25) is 4.72 Å². The van der Waals surface area contributed by atoms with Gasteiger partial charge in [0.15, 0.2) is 11.6 Å². The molecule has 208 valence electrons. The molecular formula is C30H31F2N5O2S. The van der Waals surface area contributed by atoms with Crippen molar-refractivity contribution in [3.63, 3.8) is 0 Å². The van der Waals surface area contributed by atoms with Crippen molar-refractivity contribution in [2.75, 3.05) is 37.2 Å². The Bertz CT molecular complexity index is 1610. The van der Waals surface area contributed by atoms with Gasteiger partial charge in [-0.25, -0.2) is 27.2 Å². The summed E-state index contributed by atoms with van der Waals surface area (Å²) in [7, 11) is 0.0602. The Morgan fingerprint density at radius 2 is 1.75 bits per heavy atom. The van der Waals surface area contributed by atoms with Gasteiger partial charge in [-0.05, 0) is 86.9 Å².